The normalized spacial score (nSPS) is 23.0. The number of aryl methyl sites for hydroxylation is 1. The maximum absolute atomic E-state index is 12.5. The van der Waals surface area contributed by atoms with Crippen molar-refractivity contribution in [2.45, 2.75) is 32.1 Å². The molecule has 1 aromatic carbocycles. The van der Waals surface area contributed by atoms with E-state index < -0.39 is 0 Å². The van der Waals surface area contributed by atoms with Gasteiger partial charge in [-0.3, -0.25) is 9.59 Å². The molecule has 1 N–H and O–H groups in total. The van der Waals surface area contributed by atoms with Crippen LogP contribution >= 0.6 is 0 Å². The van der Waals surface area contributed by atoms with Gasteiger partial charge >= 0.3 is 0 Å². The maximum Gasteiger partial charge on any atom is 0.197 e. The number of methoxy groups -OCH3 is 2. The number of aromatic hydroxyl groups is 1. The van der Waals surface area contributed by atoms with Gasteiger partial charge in [0.2, 0.25) is 0 Å². The number of ether oxygens (including phenoxy) is 2. The van der Waals surface area contributed by atoms with Gasteiger partial charge in [0.25, 0.3) is 0 Å². The number of hydrogen-bond donors (Lipinski definition) is 1. The van der Waals surface area contributed by atoms with Gasteiger partial charge in [0.1, 0.15) is 0 Å². The number of hydrogen-bond acceptors (Lipinski definition) is 5. The quantitative estimate of drug-likeness (QED) is 0.928. The molecule has 0 radical (unpaired) electrons. The van der Waals surface area contributed by atoms with Gasteiger partial charge in [0, 0.05) is 29.9 Å². The number of phenolic OH excluding ortho intramolecular Hbond substituents is 1. The molecule has 2 unspecified atom stereocenters. The molecule has 0 spiro atoms. The van der Waals surface area contributed by atoms with Crippen LogP contribution in [0.15, 0.2) is 17.9 Å². The number of ketones is 2. The second-order valence-electron chi connectivity index (χ2n) is 5.99. The smallest absolute Gasteiger partial charge is 0.197 e. The molecule has 0 bridgehead atoms. The van der Waals surface area contributed by atoms with Crippen LogP contribution in [-0.2, 0) is 16.0 Å². The number of rotatable bonds is 3. The first-order valence-electron chi connectivity index (χ1n) is 7.76. The maximum atomic E-state index is 12.5. The van der Waals surface area contributed by atoms with Crippen molar-refractivity contribution >= 4 is 11.6 Å². The highest BCUT2D eigenvalue weighted by Gasteiger charge is 2.41. The Balaban J connectivity index is 2.19. The van der Waals surface area contributed by atoms with Crippen LogP contribution in [0, 0.1) is 5.92 Å². The Morgan fingerprint density at radius 2 is 1.91 bits per heavy atom. The van der Waals surface area contributed by atoms with Gasteiger partial charge in [-0.1, -0.05) is 6.92 Å². The standard InChI is InChI=1S/C18H20O5/c1-4-9-5-12-13(19)6-10-7-15(22-2)14(20)8-11(10)16(12)17(21)18(9)23-3/h5,7,10-11,21H,4,6,8H2,1-3H3. The summed E-state index contributed by atoms with van der Waals surface area (Å²) in [6.07, 6.45) is 2.93. The molecule has 0 amide bonds. The van der Waals surface area contributed by atoms with Crippen molar-refractivity contribution in [2.75, 3.05) is 14.2 Å². The molecular formula is C18H20O5. The molecule has 0 fully saturated rings. The summed E-state index contributed by atoms with van der Waals surface area (Å²) in [5, 5.41) is 10.7. The lowest BCUT2D eigenvalue weighted by molar-refractivity contribution is -0.119. The molecule has 5 heteroatoms. The fourth-order valence-electron chi connectivity index (χ4n) is 3.69. The Kier molecular flexibility index (Phi) is 3.88. The highest BCUT2D eigenvalue weighted by molar-refractivity contribution is 6.03. The lowest BCUT2D eigenvalue weighted by Crippen LogP contribution is -2.30. The van der Waals surface area contributed by atoms with Crippen molar-refractivity contribution < 1.29 is 24.2 Å². The minimum Gasteiger partial charge on any atom is -0.504 e. The van der Waals surface area contributed by atoms with E-state index >= 15 is 0 Å². The summed E-state index contributed by atoms with van der Waals surface area (Å²) in [5.41, 5.74) is 1.86. The Morgan fingerprint density at radius 3 is 2.52 bits per heavy atom. The largest absolute Gasteiger partial charge is 0.504 e. The van der Waals surface area contributed by atoms with Crippen molar-refractivity contribution in [3.8, 4) is 11.5 Å². The number of benzene rings is 1. The van der Waals surface area contributed by atoms with E-state index in [0.717, 1.165) is 5.56 Å². The average Bonchev–Trinajstić information content (AvgIpc) is 2.54. The average molecular weight is 316 g/mol. The van der Waals surface area contributed by atoms with E-state index in [-0.39, 0.29) is 35.6 Å². The SMILES string of the molecule is CCc1cc2c(c(O)c1OC)C1CC(=O)C(OC)=CC1CC2=O. The molecule has 122 valence electrons. The lowest BCUT2D eigenvalue weighted by Gasteiger charge is -2.35. The molecular weight excluding hydrogens is 296 g/mol. The van der Waals surface area contributed by atoms with Crippen molar-refractivity contribution in [1.29, 1.82) is 0 Å². The van der Waals surface area contributed by atoms with Crippen molar-refractivity contribution in [2.24, 2.45) is 5.92 Å². The summed E-state index contributed by atoms with van der Waals surface area (Å²) in [5.74, 6) is 0.223. The third-order valence-electron chi connectivity index (χ3n) is 4.83. The van der Waals surface area contributed by atoms with Crippen LogP contribution in [0.2, 0.25) is 0 Å². The van der Waals surface area contributed by atoms with Gasteiger partial charge in [0.05, 0.1) is 14.2 Å². The first-order valence-corrected chi connectivity index (χ1v) is 7.76. The number of allylic oxidation sites excluding steroid dienone is 2. The summed E-state index contributed by atoms with van der Waals surface area (Å²) in [6.45, 7) is 1.94. The summed E-state index contributed by atoms with van der Waals surface area (Å²) < 4.78 is 10.4. The van der Waals surface area contributed by atoms with E-state index in [1.807, 2.05) is 6.92 Å². The number of carbonyl (C=O) groups is 2. The first-order chi connectivity index (χ1) is 11.0. The molecule has 0 aliphatic heterocycles. The zero-order chi connectivity index (χ0) is 16.7. The van der Waals surface area contributed by atoms with Crippen molar-refractivity contribution in [3.05, 3.63) is 34.6 Å². The van der Waals surface area contributed by atoms with Gasteiger partial charge in [-0.15, -0.1) is 0 Å². The fraction of sp³-hybridized carbons (Fsp3) is 0.444. The van der Waals surface area contributed by atoms with Crippen LogP contribution in [0.3, 0.4) is 0 Å². The van der Waals surface area contributed by atoms with Gasteiger partial charge in [-0.25, -0.2) is 0 Å². The van der Waals surface area contributed by atoms with Gasteiger partial charge in [-0.05, 0) is 30.0 Å². The predicted octanol–water partition coefficient (Wildman–Crippen LogP) is 2.75. The van der Waals surface area contributed by atoms with E-state index in [9.17, 15) is 14.7 Å². The molecule has 0 aromatic heterocycles. The molecule has 0 heterocycles. The van der Waals surface area contributed by atoms with Crippen LogP contribution in [0.25, 0.3) is 0 Å². The van der Waals surface area contributed by atoms with E-state index in [0.29, 0.717) is 35.5 Å². The Morgan fingerprint density at radius 1 is 1.17 bits per heavy atom. The highest BCUT2D eigenvalue weighted by Crippen LogP contribution is 2.50. The second kappa shape index (κ2) is 5.72. The summed E-state index contributed by atoms with van der Waals surface area (Å²) in [7, 11) is 2.95. The molecule has 3 rings (SSSR count). The minimum atomic E-state index is -0.214. The topological polar surface area (TPSA) is 72.8 Å². The van der Waals surface area contributed by atoms with E-state index in [4.69, 9.17) is 9.47 Å². The van der Waals surface area contributed by atoms with Gasteiger partial charge in [0.15, 0.2) is 28.8 Å². The fourth-order valence-corrected chi connectivity index (χ4v) is 3.69. The summed E-state index contributed by atoms with van der Waals surface area (Å²) >= 11 is 0. The van der Waals surface area contributed by atoms with E-state index in [1.54, 1.807) is 12.1 Å². The Labute approximate surface area is 134 Å². The first kappa shape index (κ1) is 15.6. The number of fused-ring (bicyclic) bond motifs is 3. The molecule has 2 aliphatic rings. The van der Waals surface area contributed by atoms with Gasteiger partial charge < -0.3 is 14.6 Å². The molecule has 1 aromatic rings. The van der Waals surface area contributed by atoms with Crippen LogP contribution in [0.5, 0.6) is 11.5 Å². The van der Waals surface area contributed by atoms with Crippen LogP contribution in [0.4, 0.5) is 0 Å². The second-order valence-corrected chi connectivity index (χ2v) is 5.99. The van der Waals surface area contributed by atoms with Crippen LogP contribution in [0.1, 0.15) is 47.2 Å². The molecule has 0 saturated carbocycles. The van der Waals surface area contributed by atoms with Crippen LogP contribution < -0.4 is 4.74 Å². The Hall–Kier alpha value is -2.30. The third-order valence-corrected chi connectivity index (χ3v) is 4.83. The van der Waals surface area contributed by atoms with E-state index in [1.165, 1.54) is 14.2 Å². The summed E-state index contributed by atoms with van der Waals surface area (Å²) in [6, 6.07) is 1.80. The minimum absolute atomic E-state index is 0.00744. The summed E-state index contributed by atoms with van der Waals surface area (Å²) in [4.78, 5) is 24.7. The third kappa shape index (κ3) is 2.31. The lowest BCUT2D eigenvalue weighted by atomic mass is 9.69. The number of carbonyl (C=O) groups excluding carboxylic acids is 2. The zero-order valence-electron chi connectivity index (χ0n) is 13.5. The highest BCUT2D eigenvalue weighted by atomic mass is 16.5. The Bertz CT molecular complexity index is 717. The molecule has 2 aliphatic carbocycles. The predicted molar refractivity (Wildman–Crippen MR) is 83.9 cm³/mol. The molecule has 5 nitrogen and oxygen atoms in total. The number of Topliss-reactive ketones (excluding diaryl/α,β-unsaturated/α-hetero) is 2. The van der Waals surface area contributed by atoms with Gasteiger partial charge in [-0.2, -0.15) is 0 Å². The molecule has 0 saturated heterocycles. The monoisotopic (exact) mass is 316 g/mol. The van der Waals surface area contributed by atoms with E-state index in [2.05, 4.69) is 0 Å². The van der Waals surface area contributed by atoms with Crippen LogP contribution in [-0.4, -0.2) is 30.9 Å². The number of phenols is 1. The molecule has 23 heavy (non-hydrogen) atoms. The zero-order valence-corrected chi connectivity index (χ0v) is 13.5. The molecule has 2 atom stereocenters. The van der Waals surface area contributed by atoms with Crippen molar-refractivity contribution in [3.63, 3.8) is 0 Å². The van der Waals surface area contributed by atoms with Crippen molar-refractivity contribution in [1.82, 2.24) is 0 Å².